The molecule has 2 aromatic heterocycles. The minimum absolute atomic E-state index is 0.385. The van der Waals surface area contributed by atoms with Gasteiger partial charge in [-0.25, -0.2) is 4.98 Å². The molecule has 0 bridgehead atoms. The molecular weight excluding hydrogens is 270 g/mol. The van der Waals surface area contributed by atoms with Gasteiger partial charge < -0.3 is 14.6 Å². The smallest absolute Gasteiger partial charge is 0.150 e. The van der Waals surface area contributed by atoms with Crippen LogP contribution in [0.5, 0.6) is 0 Å². The van der Waals surface area contributed by atoms with Crippen LogP contribution in [0.1, 0.15) is 25.8 Å². The standard InChI is InChI=1S/C15H21N3OS/c1-12(10-16-11-13-4-2-8-19-13)18-7-6-17-15(18)14-5-3-9-20-14/h3,5-7,9,12-13,16H,2,4,8,10-11H2,1H3. The fraction of sp³-hybridized carbons (Fsp3) is 0.533. The zero-order valence-corrected chi connectivity index (χ0v) is 12.6. The van der Waals surface area contributed by atoms with Gasteiger partial charge in [-0.2, -0.15) is 0 Å². The second kappa shape index (κ2) is 6.52. The Morgan fingerprint density at radius 1 is 1.60 bits per heavy atom. The van der Waals surface area contributed by atoms with Crippen molar-refractivity contribution in [1.29, 1.82) is 0 Å². The van der Waals surface area contributed by atoms with Crippen molar-refractivity contribution in [3.63, 3.8) is 0 Å². The topological polar surface area (TPSA) is 39.1 Å². The Morgan fingerprint density at radius 3 is 3.30 bits per heavy atom. The van der Waals surface area contributed by atoms with E-state index in [1.165, 1.54) is 17.7 Å². The number of imidazole rings is 1. The summed E-state index contributed by atoms with van der Waals surface area (Å²) in [5.74, 6) is 1.06. The van der Waals surface area contributed by atoms with Crippen molar-refractivity contribution in [3.8, 4) is 10.7 Å². The molecule has 2 unspecified atom stereocenters. The highest BCUT2D eigenvalue weighted by atomic mass is 32.1. The van der Waals surface area contributed by atoms with Crippen molar-refractivity contribution < 1.29 is 4.74 Å². The van der Waals surface area contributed by atoms with Crippen LogP contribution in [0.2, 0.25) is 0 Å². The first-order chi connectivity index (χ1) is 9.84. The molecule has 0 aromatic carbocycles. The highest BCUT2D eigenvalue weighted by Gasteiger charge is 2.16. The summed E-state index contributed by atoms with van der Waals surface area (Å²) in [4.78, 5) is 5.71. The SMILES string of the molecule is CC(CNCC1CCCO1)n1ccnc1-c1cccs1. The zero-order chi connectivity index (χ0) is 13.8. The molecule has 0 spiro atoms. The summed E-state index contributed by atoms with van der Waals surface area (Å²) in [6, 6.07) is 4.58. The van der Waals surface area contributed by atoms with Crippen LogP contribution >= 0.6 is 11.3 Å². The summed E-state index contributed by atoms with van der Waals surface area (Å²) in [5, 5.41) is 5.61. The van der Waals surface area contributed by atoms with E-state index in [0.717, 1.165) is 25.5 Å². The van der Waals surface area contributed by atoms with Crippen molar-refractivity contribution in [2.75, 3.05) is 19.7 Å². The van der Waals surface area contributed by atoms with E-state index in [1.807, 2.05) is 6.20 Å². The molecule has 2 aromatic rings. The number of rotatable bonds is 6. The summed E-state index contributed by atoms with van der Waals surface area (Å²) < 4.78 is 7.87. The number of hydrogen-bond acceptors (Lipinski definition) is 4. The Morgan fingerprint density at radius 2 is 2.55 bits per heavy atom. The maximum Gasteiger partial charge on any atom is 0.150 e. The zero-order valence-electron chi connectivity index (χ0n) is 11.8. The lowest BCUT2D eigenvalue weighted by Gasteiger charge is -2.18. The molecule has 0 amide bonds. The molecule has 5 heteroatoms. The Balaban J connectivity index is 1.57. The molecule has 1 aliphatic rings. The van der Waals surface area contributed by atoms with Gasteiger partial charge in [0, 0.05) is 38.1 Å². The van der Waals surface area contributed by atoms with Crippen LogP contribution in [-0.2, 0) is 4.74 Å². The lowest BCUT2D eigenvalue weighted by Crippen LogP contribution is -2.30. The number of nitrogens with one attached hydrogen (secondary N) is 1. The van der Waals surface area contributed by atoms with Crippen LogP contribution in [0.3, 0.4) is 0 Å². The third kappa shape index (κ3) is 3.11. The Kier molecular flexibility index (Phi) is 4.50. The first kappa shape index (κ1) is 13.8. The summed E-state index contributed by atoms with van der Waals surface area (Å²) in [5.41, 5.74) is 0. The van der Waals surface area contributed by atoms with E-state index in [-0.39, 0.29) is 0 Å². The van der Waals surface area contributed by atoms with Crippen molar-refractivity contribution in [2.24, 2.45) is 0 Å². The minimum atomic E-state index is 0.385. The van der Waals surface area contributed by atoms with Gasteiger partial charge in [0.05, 0.1) is 11.0 Å². The van der Waals surface area contributed by atoms with Gasteiger partial charge in [-0.15, -0.1) is 11.3 Å². The molecule has 0 saturated carbocycles. The molecule has 108 valence electrons. The number of hydrogen-bond donors (Lipinski definition) is 1. The van der Waals surface area contributed by atoms with Crippen LogP contribution in [-0.4, -0.2) is 35.4 Å². The van der Waals surface area contributed by atoms with Gasteiger partial charge in [0.2, 0.25) is 0 Å². The molecule has 1 fully saturated rings. The van der Waals surface area contributed by atoms with Gasteiger partial charge >= 0.3 is 0 Å². The molecule has 1 aliphatic heterocycles. The Hall–Kier alpha value is -1.17. The molecular formula is C15H21N3OS. The quantitative estimate of drug-likeness (QED) is 0.889. The van der Waals surface area contributed by atoms with E-state index < -0.39 is 0 Å². The molecule has 1 saturated heterocycles. The van der Waals surface area contributed by atoms with Gasteiger partial charge in [-0.1, -0.05) is 6.07 Å². The average Bonchev–Trinajstić information content (AvgIpc) is 3.19. The largest absolute Gasteiger partial charge is 0.377 e. The number of thiophene rings is 1. The molecule has 0 radical (unpaired) electrons. The molecule has 1 N–H and O–H groups in total. The lowest BCUT2D eigenvalue weighted by molar-refractivity contribution is 0.109. The van der Waals surface area contributed by atoms with Gasteiger partial charge in [-0.05, 0) is 31.2 Å². The second-order valence-electron chi connectivity index (χ2n) is 5.28. The average molecular weight is 291 g/mol. The summed E-state index contributed by atoms with van der Waals surface area (Å²) in [6.07, 6.45) is 6.74. The van der Waals surface area contributed by atoms with Crippen LogP contribution in [0.15, 0.2) is 29.9 Å². The van der Waals surface area contributed by atoms with E-state index in [9.17, 15) is 0 Å². The van der Waals surface area contributed by atoms with E-state index in [2.05, 4.69) is 45.5 Å². The molecule has 3 heterocycles. The van der Waals surface area contributed by atoms with E-state index in [0.29, 0.717) is 12.1 Å². The molecule has 2 atom stereocenters. The van der Waals surface area contributed by atoms with Crippen molar-refractivity contribution in [1.82, 2.24) is 14.9 Å². The van der Waals surface area contributed by atoms with E-state index in [4.69, 9.17) is 4.74 Å². The minimum Gasteiger partial charge on any atom is -0.377 e. The highest BCUT2D eigenvalue weighted by molar-refractivity contribution is 7.13. The first-order valence-electron chi connectivity index (χ1n) is 7.23. The van der Waals surface area contributed by atoms with Gasteiger partial charge in [0.1, 0.15) is 5.82 Å². The van der Waals surface area contributed by atoms with Crippen LogP contribution in [0.25, 0.3) is 10.7 Å². The maximum absolute atomic E-state index is 5.63. The number of aromatic nitrogens is 2. The summed E-state index contributed by atoms with van der Waals surface area (Å²) >= 11 is 1.73. The van der Waals surface area contributed by atoms with Crippen molar-refractivity contribution >= 4 is 11.3 Å². The van der Waals surface area contributed by atoms with Crippen LogP contribution in [0, 0.1) is 0 Å². The first-order valence-corrected chi connectivity index (χ1v) is 8.11. The summed E-state index contributed by atoms with van der Waals surface area (Å²) in [6.45, 7) is 5.04. The summed E-state index contributed by atoms with van der Waals surface area (Å²) in [7, 11) is 0. The highest BCUT2D eigenvalue weighted by Crippen LogP contribution is 2.25. The predicted molar refractivity (Wildman–Crippen MR) is 82.1 cm³/mol. The Labute approximate surface area is 123 Å². The second-order valence-corrected chi connectivity index (χ2v) is 6.23. The number of nitrogens with zero attached hydrogens (tertiary/aromatic N) is 2. The fourth-order valence-electron chi connectivity index (χ4n) is 2.62. The van der Waals surface area contributed by atoms with E-state index >= 15 is 0 Å². The van der Waals surface area contributed by atoms with Gasteiger partial charge in [0.25, 0.3) is 0 Å². The molecule has 4 nitrogen and oxygen atoms in total. The van der Waals surface area contributed by atoms with Gasteiger partial charge in [-0.3, -0.25) is 0 Å². The Bertz CT molecular complexity index is 517. The molecule has 3 rings (SSSR count). The van der Waals surface area contributed by atoms with Crippen LogP contribution < -0.4 is 5.32 Å². The third-order valence-electron chi connectivity index (χ3n) is 3.72. The molecule has 20 heavy (non-hydrogen) atoms. The predicted octanol–water partition coefficient (Wildman–Crippen LogP) is 2.94. The van der Waals surface area contributed by atoms with Crippen LogP contribution in [0.4, 0.5) is 0 Å². The monoisotopic (exact) mass is 291 g/mol. The van der Waals surface area contributed by atoms with Gasteiger partial charge in [0.15, 0.2) is 0 Å². The van der Waals surface area contributed by atoms with Crippen molar-refractivity contribution in [2.45, 2.75) is 31.9 Å². The fourth-order valence-corrected chi connectivity index (χ4v) is 3.35. The normalized spacial score (nSPS) is 20.4. The third-order valence-corrected chi connectivity index (χ3v) is 4.59. The lowest BCUT2D eigenvalue weighted by atomic mass is 10.2. The van der Waals surface area contributed by atoms with Crippen molar-refractivity contribution in [3.05, 3.63) is 29.9 Å². The van der Waals surface area contributed by atoms with E-state index in [1.54, 1.807) is 11.3 Å². The number of ether oxygens (including phenoxy) is 1. The molecule has 0 aliphatic carbocycles. The maximum atomic E-state index is 5.63.